The predicted molar refractivity (Wildman–Crippen MR) is 63.3 cm³/mol. The Morgan fingerprint density at radius 3 is 2.88 bits per heavy atom. The molecule has 0 atom stereocenters. The van der Waals surface area contributed by atoms with Crippen molar-refractivity contribution >= 4 is 5.69 Å². The Kier molecular flexibility index (Phi) is 2.55. The van der Waals surface area contributed by atoms with E-state index in [4.69, 9.17) is 5.73 Å². The second-order valence-electron chi connectivity index (χ2n) is 4.56. The minimum absolute atomic E-state index is 0.563. The Balaban J connectivity index is 1.81. The molecule has 0 radical (unpaired) electrons. The van der Waals surface area contributed by atoms with Gasteiger partial charge in [0.05, 0.1) is 11.9 Å². The van der Waals surface area contributed by atoms with Crippen molar-refractivity contribution < 1.29 is 0 Å². The molecule has 0 saturated heterocycles. The smallest absolute Gasteiger partial charge is 0.154 e. The summed E-state index contributed by atoms with van der Waals surface area (Å²) in [6, 6.07) is 0.563. The summed E-state index contributed by atoms with van der Waals surface area (Å²) >= 11 is 0. The van der Waals surface area contributed by atoms with Gasteiger partial charge >= 0.3 is 0 Å². The summed E-state index contributed by atoms with van der Waals surface area (Å²) in [4.78, 5) is 0. The molecule has 1 aliphatic carbocycles. The van der Waals surface area contributed by atoms with Gasteiger partial charge in [0, 0.05) is 12.2 Å². The van der Waals surface area contributed by atoms with Crippen molar-refractivity contribution in [3.05, 3.63) is 24.5 Å². The monoisotopic (exact) mass is 232 g/mol. The van der Waals surface area contributed by atoms with Crippen LogP contribution in [-0.4, -0.2) is 24.5 Å². The first-order valence-corrected chi connectivity index (χ1v) is 5.99. The molecular formula is C11H16N6. The Bertz CT molecular complexity index is 494. The molecule has 90 valence electrons. The first-order chi connectivity index (χ1) is 8.33. The molecule has 2 aromatic heterocycles. The quantitative estimate of drug-likeness (QED) is 0.863. The summed E-state index contributed by atoms with van der Waals surface area (Å²) in [7, 11) is 0. The molecular weight excluding hydrogens is 216 g/mol. The third kappa shape index (κ3) is 2.02. The van der Waals surface area contributed by atoms with Gasteiger partial charge in [0.2, 0.25) is 0 Å². The minimum atomic E-state index is 0.563. The van der Waals surface area contributed by atoms with E-state index in [0.717, 1.165) is 5.82 Å². The molecule has 1 aliphatic rings. The predicted octanol–water partition coefficient (Wildman–Crippen LogP) is 1.22. The molecule has 6 heteroatoms. The van der Waals surface area contributed by atoms with Crippen molar-refractivity contribution in [2.45, 2.75) is 38.3 Å². The fourth-order valence-electron chi connectivity index (χ4n) is 2.48. The van der Waals surface area contributed by atoms with Gasteiger partial charge in [-0.05, 0) is 12.8 Å². The third-order valence-electron chi connectivity index (χ3n) is 3.32. The number of anilines is 1. The molecule has 0 amide bonds. The average Bonchev–Trinajstić information content (AvgIpc) is 3.00. The fourth-order valence-corrected chi connectivity index (χ4v) is 2.48. The molecule has 1 saturated carbocycles. The molecule has 6 nitrogen and oxygen atoms in total. The highest BCUT2D eigenvalue weighted by atomic mass is 15.3. The van der Waals surface area contributed by atoms with E-state index in [1.807, 2.05) is 12.5 Å². The van der Waals surface area contributed by atoms with Crippen LogP contribution in [0.3, 0.4) is 0 Å². The molecule has 3 rings (SSSR count). The van der Waals surface area contributed by atoms with Crippen molar-refractivity contribution in [1.82, 2.24) is 24.5 Å². The number of aromatic nitrogens is 5. The molecule has 2 aromatic rings. The van der Waals surface area contributed by atoms with Crippen molar-refractivity contribution in [3.63, 3.8) is 0 Å². The number of rotatable bonds is 3. The van der Waals surface area contributed by atoms with E-state index in [0.29, 0.717) is 18.3 Å². The third-order valence-corrected chi connectivity index (χ3v) is 3.32. The van der Waals surface area contributed by atoms with Crippen LogP contribution in [0.5, 0.6) is 0 Å². The Labute approximate surface area is 99.4 Å². The summed E-state index contributed by atoms with van der Waals surface area (Å²) in [5, 5.41) is 12.4. The number of hydrogen-bond acceptors (Lipinski definition) is 4. The molecule has 0 aromatic carbocycles. The van der Waals surface area contributed by atoms with Crippen LogP contribution in [0.4, 0.5) is 5.69 Å². The first kappa shape index (κ1) is 10.3. The van der Waals surface area contributed by atoms with Gasteiger partial charge < -0.3 is 10.3 Å². The highest BCUT2D eigenvalue weighted by molar-refractivity contribution is 5.30. The summed E-state index contributed by atoms with van der Waals surface area (Å²) in [5.41, 5.74) is 6.32. The lowest BCUT2D eigenvalue weighted by Crippen LogP contribution is -2.12. The summed E-state index contributed by atoms with van der Waals surface area (Å²) < 4.78 is 3.98. The van der Waals surface area contributed by atoms with E-state index in [-0.39, 0.29) is 0 Å². The van der Waals surface area contributed by atoms with Crippen LogP contribution < -0.4 is 5.73 Å². The van der Waals surface area contributed by atoms with Crippen molar-refractivity contribution in [3.8, 4) is 0 Å². The van der Waals surface area contributed by atoms with Gasteiger partial charge in [-0.25, -0.2) is 0 Å². The van der Waals surface area contributed by atoms with Crippen molar-refractivity contribution in [2.75, 3.05) is 5.73 Å². The standard InChI is InChI=1S/C11H16N6/c12-9-5-14-16(6-9)7-11-15-13-8-17(11)10-3-1-2-4-10/h5-6,8,10H,1-4,7,12H2. The molecule has 0 spiro atoms. The average molecular weight is 232 g/mol. The minimum Gasteiger partial charge on any atom is -0.396 e. The van der Waals surface area contributed by atoms with E-state index in [2.05, 4.69) is 19.9 Å². The van der Waals surface area contributed by atoms with Crippen molar-refractivity contribution in [2.24, 2.45) is 0 Å². The summed E-state index contributed by atoms with van der Waals surface area (Å²) in [5.74, 6) is 0.958. The molecule has 17 heavy (non-hydrogen) atoms. The summed E-state index contributed by atoms with van der Waals surface area (Å²) in [6.07, 6.45) is 10.4. The number of nitrogen functional groups attached to an aromatic ring is 1. The van der Waals surface area contributed by atoms with Crippen LogP contribution in [0.25, 0.3) is 0 Å². The van der Waals surface area contributed by atoms with E-state index >= 15 is 0 Å². The van der Waals surface area contributed by atoms with Crippen LogP contribution in [0, 0.1) is 0 Å². The van der Waals surface area contributed by atoms with Crippen LogP contribution >= 0.6 is 0 Å². The van der Waals surface area contributed by atoms with Crippen LogP contribution in [-0.2, 0) is 6.54 Å². The van der Waals surface area contributed by atoms with E-state index in [1.54, 1.807) is 10.9 Å². The van der Waals surface area contributed by atoms with Gasteiger partial charge in [-0.15, -0.1) is 10.2 Å². The Hall–Kier alpha value is -1.85. The van der Waals surface area contributed by atoms with Gasteiger partial charge in [-0.2, -0.15) is 5.10 Å². The van der Waals surface area contributed by atoms with Crippen LogP contribution in [0.15, 0.2) is 18.7 Å². The zero-order valence-electron chi connectivity index (χ0n) is 9.66. The largest absolute Gasteiger partial charge is 0.396 e. The second-order valence-corrected chi connectivity index (χ2v) is 4.56. The molecule has 0 bridgehead atoms. The Morgan fingerprint density at radius 1 is 1.35 bits per heavy atom. The van der Waals surface area contributed by atoms with E-state index < -0.39 is 0 Å². The van der Waals surface area contributed by atoms with Gasteiger partial charge in [0.1, 0.15) is 12.9 Å². The normalized spacial score (nSPS) is 16.7. The van der Waals surface area contributed by atoms with E-state index in [9.17, 15) is 0 Å². The van der Waals surface area contributed by atoms with Gasteiger partial charge in [-0.1, -0.05) is 12.8 Å². The Morgan fingerprint density at radius 2 is 2.18 bits per heavy atom. The van der Waals surface area contributed by atoms with Gasteiger partial charge in [-0.3, -0.25) is 4.68 Å². The van der Waals surface area contributed by atoms with E-state index in [1.165, 1.54) is 25.7 Å². The van der Waals surface area contributed by atoms with Gasteiger partial charge in [0.15, 0.2) is 5.82 Å². The highest BCUT2D eigenvalue weighted by Crippen LogP contribution is 2.29. The lowest BCUT2D eigenvalue weighted by molar-refractivity contribution is 0.483. The number of nitrogens with zero attached hydrogens (tertiary/aromatic N) is 5. The maximum atomic E-state index is 5.64. The van der Waals surface area contributed by atoms with Crippen LogP contribution in [0.2, 0.25) is 0 Å². The molecule has 0 aliphatic heterocycles. The lowest BCUT2D eigenvalue weighted by Gasteiger charge is -2.13. The maximum absolute atomic E-state index is 5.64. The molecule has 1 fully saturated rings. The molecule has 2 N–H and O–H groups in total. The number of nitrogens with two attached hydrogens (primary N) is 1. The topological polar surface area (TPSA) is 74.6 Å². The highest BCUT2D eigenvalue weighted by Gasteiger charge is 2.19. The zero-order valence-corrected chi connectivity index (χ0v) is 9.66. The summed E-state index contributed by atoms with van der Waals surface area (Å²) in [6.45, 7) is 0.633. The SMILES string of the molecule is Nc1cnn(Cc2nncn2C2CCCC2)c1. The number of hydrogen-bond donors (Lipinski definition) is 1. The molecule has 0 unspecified atom stereocenters. The van der Waals surface area contributed by atoms with Gasteiger partial charge in [0.25, 0.3) is 0 Å². The van der Waals surface area contributed by atoms with Crippen molar-refractivity contribution in [1.29, 1.82) is 0 Å². The first-order valence-electron chi connectivity index (χ1n) is 5.99. The van der Waals surface area contributed by atoms with Crippen LogP contribution in [0.1, 0.15) is 37.5 Å². The maximum Gasteiger partial charge on any atom is 0.154 e. The molecule has 2 heterocycles. The second kappa shape index (κ2) is 4.20. The lowest BCUT2D eigenvalue weighted by atomic mass is 10.2. The zero-order chi connectivity index (χ0) is 11.7. The fraction of sp³-hybridized carbons (Fsp3) is 0.545.